The second kappa shape index (κ2) is 7.19. The molecular weight excluding hydrogens is 210 g/mol. The van der Waals surface area contributed by atoms with Crippen LogP contribution in [0.3, 0.4) is 0 Å². The third-order valence-corrected chi connectivity index (χ3v) is 2.42. The standard InChI is InChI=1S/C10H19N3O3/c11-9(14)7-16-6-5-13-10(15)8-3-1-2-4-12-8/h8,12H,1-7H2,(H2,11,14)(H,13,15). The van der Waals surface area contributed by atoms with Crippen LogP contribution in [0.25, 0.3) is 0 Å². The summed E-state index contributed by atoms with van der Waals surface area (Å²) in [5.74, 6) is -0.498. The number of ether oxygens (including phenoxy) is 1. The van der Waals surface area contributed by atoms with Crippen molar-refractivity contribution in [1.82, 2.24) is 10.6 Å². The molecule has 2 amide bonds. The monoisotopic (exact) mass is 229 g/mol. The Morgan fingerprint density at radius 2 is 2.25 bits per heavy atom. The van der Waals surface area contributed by atoms with Crippen molar-refractivity contribution in [3.05, 3.63) is 0 Å². The predicted octanol–water partition coefficient (Wildman–Crippen LogP) is -1.25. The number of piperidine rings is 1. The van der Waals surface area contributed by atoms with Crippen molar-refractivity contribution in [3.63, 3.8) is 0 Å². The molecule has 1 rings (SSSR count). The average molecular weight is 229 g/mol. The zero-order valence-corrected chi connectivity index (χ0v) is 9.33. The normalized spacial score (nSPS) is 20.4. The van der Waals surface area contributed by atoms with Crippen LogP contribution in [0.5, 0.6) is 0 Å². The van der Waals surface area contributed by atoms with E-state index < -0.39 is 5.91 Å². The summed E-state index contributed by atoms with van der Waals surface area (Å²) in [5, 5.41) is 5.90. The molecule has 6 heteroatoms. The van der Waals surface area contributed by atoms with Crippen LogP contribution in [0.15, 0.2) is 0 Å². The van der Waals surface area contributed by atoms with Gasteiger partial charge in [-0.1, -0.05) is 6.42 Å². The number of amides is 2. The van der Waals surface area contributed by atoms with Gasteiger partial charge in [-0.15, -0.1) is 0 Å². The number of nitrogens with one attached hydrogen (secondary N) is 2. The predicted molar refractivity (Wildman–Crippen MR) is 58.7 cm³/mol. The molecule has 0 radical (unpaired) electrons. The van der Waals surface area contributed by atoms with Crippen LogP contribution >= 0.6 is 0 Å². The molecule has 1 saturated heterocycles. The molecule has 0 aromatic rings. The summed E-state index contributed by atoms with van der Waals surface area (Å²) in [6, 6.07) is -0.0788. The molecule has 1 atom stereocenters. The van der Waals surface area contributed by atoms with Crippen molar-refractivity contribution in [1.29, 1.82) is 0 Å². The van der Waals surface area contributed by atoms with E-state index in [0.29, 0.717) is 13.2 Å². The Morgan fingerprint density at radius 1 is 1.44 bits per heavy atom. The van der Waals surface area contributed by atoms with Crippen LogP contribution in [0.1, 0.15) is 19.3 Å². The van der Waals surface area contributed by atoms with Crippen molar-refractivity contribution in [3.8, 4) is 0 Å². The van der Waals surface area contributed by atoms with Crippen LogP contribution in [0.4, 0.5) is 0 Å². The molecule has 1 aliphatic rings. The number of hydrogen-bond donors (Lipinski definition) is 3. The minimum absolute atomic E-state index is 0.00220. The first-order chi connectivity index (χ1) is 7.70. The summed E-state index contributed by atoms with van der Waals surface area (Å²) >= 11 is 0. The molecule has 0 aromatic heterocycles. The molecule has 1 heterocycles. The molecule has 4 N–H and O–H groups in total. The highest BCUT2D eigenvalue weighted by molar-refractivity contribution is 5.81. The van der Waals surface area contributed by atoms with Crippen molar-refractivity contribution in [2.75, 3.05) is 26.3 Å². The van der Waals surface area contributed by atoms with E-state index in [0.717, 1.165) is 25.8 Å². The van der Waals surface area contributed by atoms with Gasteiger partial charge in [0.1, 0.15) is 6.61 Å². The second-order valence-electron chi connectivity index (χ2n) is 3.81. The molecule has 16 heavy (non-hydrogen) atoms. The summed E-state index contributed by atoms with van der Waals surface area (Å²) in [6.45, 7) is 1.51. The van der Waals surface area contributed by atoms with Gasteiger partial charge in [-0.05, 0) is 19.4 Å². The molecule has 0 spiro atoms. The van der Waals surface area contributed by atoms with Gasteiger partial charge >= 0.3 is 0 Å². The minimum atomic E-state index is -0.500. The van der Waals surface area contributed by atoms with Crippen LogP contribution in [0, 0.1) is 0 Å². The van der Waals surface area contributed by atoms with Gasteiger partial charge in [0.05, 0.1) is 12.6 Å². The average Bonchev–Trinajstić information content (AvgIpc) is 2.29. The Bertz CT molecular complexity index is 239. The third kappa shape index (κ3) is 5.09. The molecule has 1 aliphatic heterocycles. The number of nitrogens with two attached hydrogens (primary N) is 1. The highest BCUT2D eigenvalue weighted by Gasteiger charge is 2.19. The van der Waals surface area contributed by atoms with Crippen LogP contribution in [-0.2, 0) is 14.3 Å². The SMILES string of the molecule is NC(=O)COCCNC(=O)C1CCCCN1. The quantitative estimate of drug-likeness (QED) is 0.496. The van der Waals surface area contributed by atoms with Crippen LogP contribution in [-0.4, -0.2) is 44.2 Å². The van der Waals surface area contributed by atoms with Gasteiger partial charge in [0.2, 0.25) is 11.8 Å². The fourth-order valence-corrected chi connectivity index (χ4v) is 1.62. The minimum Gasteiger partial charge on any atom is -0.370 e. The van der Waals surface area contributed by atoms with E-state index in [9.17, 15) is 9.59 Å². The fourth-order valence-electron chi connectivity index (χ4n) is 1.62. The van der Waals surface area contributed by atoms with E-state index >= 15 is 0 Å². The van der Waals surface area contributed by atoms with Crippen LogP contribution < -0.4 is 16.4 Å². The van der Waals surface area contributed by atoms with E-state index in [-0.39, 0.29) is 18.6 Å². The maximum absolute atomic E-state index is 11.6. The molecule has 92 valence electrons. The maximum Gasteiger partial charge on any atom is 0.243 e. The topological polar surface area (TPSA) is 93.5 Å². The molecule has 0 aromatic carbocycles. The Hall–Kier alpha value is -1.14. The summed E-state index contributed by atoms with van der Waals surface area (Å²) in [7, 11) is 0. The Kier molecular flexibility index (Phi) is 5.81. The lowest BCUT2D eigenvalue weighted by Crippen LogP contribution is -2.47. The highest BCUT2D eigenvalue weighted by Crippen LogP contribution is 2.06. The van der Waals surface area contributed by atoms with Crippen molar-refractivity contribution >= 4 is 11.8 Å². The van der Waals surface area contributed by atoms with E-state index in [4.69, 9.17) is 10.5 Å². The van der Waals surface area contributed by atoms with Gasteiger partial charge in [-0.2, -0.15) is 0 Å². The maximum atomic E-state index is 11.6. The lowest BCUT2D eigenvalue weighted by Gasteiger charge is -2.22. The number of carbonyl (C=O) groups is 2. The molecule has 0 bridgehead atoms. The van der Waals surface area contributed by atoms with Gasteiger partial charge in [-0.3, -0.25) is 9.59 Å². The molecule has 1 fully saturated rings. The Balaban J connectivity index is 2.03. The Labute approximate surface area is 94.9 Å². The van der Waals surface area contributed by atoms with Crippen molar-refractivity contribution in [2.24, 2.45) is 5.73 Å². The molecule has 0 aliphatic carbocycles. The lowest BCUT2D eigenvalue weighted by molar-refractivity contribution is -0.124. The van der Waals surface area contributed by atoms with E-state index in [1.54, 1.807) is 0 Å². The smallest absolute Gasteiger partial charge is 0.243 e. The zero-order chi connectivity index (χ0) is 11.8. The van der Waals surface area contributed by atoms with E-state index in [1.165, 1.54) is 0 Å². The molecule has 6 nitrogen and oxygen atoms in total. The fraction of sp³-hybridized carbons (Fsp3) is 0.800. The first-order valence-electron chi connectivity index (χ1n) is 5.57. The third-order valence-electron chi connectivity index (χ3n) is 2.42. The van der Waals surface area contributed by atoms with Gasteiger partial charge in [0, 0.05) is 6.54 Å². The molecular formula is C10H19N3O3. The van der Waals surface area contributed by atoms with Crippen molar-refractivity contribution in [2.45, 2.75) is 25.3 Å². The van der Waals surface area contributed by atoms with Gasteiger partial charge in [0.25, 0.3) is 0 Å². The molecule has 1 unspecified atom stereocenters. The summed E-state index contributed by atoms with van der Waals surface area (Å²) in [6.07, 6.45) is 3.10. The van der Waals surface area contributed by atoms with Crippen LogP contribution in [0.2, 0.25) is 0 Å². The number of primary amides is 1. The van der Waals surface area contributed by atoms with Crippen molar-refractivity contribution < 1.29 is 14.3 Å². The van der Waals surface area contributed by atoms with E-state index in [1.807, 2.05) is 0 Å². The first kappa shape index (κ1) is 12.9. The number of rotatable bonds is 6. The first-order valence-corrected chi connectivity index (χ1v) is 5.57. The summed E-state index contributed by atoms with van der Waals surface area (Å²) < 4.78 is 4.92. The largest absolute Gasteiger partial charge is 0.370 e. The molecule has 0 saturated carbocycles. The summed E-state index contributed by atoms with van der Waals surface area (Å²) in [5.41, 5.74) is 4.89. The Morgan fingerprint density at radius 3 is 2.88 bits per heavy atom. The van der Waals surface area contributed by atoms with Gasteiger partial charge in [-0.25, -0.2) is 0 Å². The second-order valence-corrected chi connectivity index (χ2v) is 3.81. The van der Waals surface area contributed by atoms with Gasteiger partial charge < -0.3 is 21.1 Å². The summed E-state index contributed by atoms with van der Waals surface area (Å²) in [4.78, 5) is 21.9. The zero-order valence-electron chi connectivity index (χ0n) is 9.33. The van der Waals surface area contributed by atoms with Gasteiger partial charge in [0.15, 0.2) is 0 Å². The number of hydrogen-bond acceptors (Lipinski definition) is 4. The van der Waals surface area contributed by atoms with E-state index in [2.05, 4.69) is 10.6 Å². The number of carbonyl (C=O) groups excluding carboxylic acids is 2. The lowest BCUT2D eigenvalue weighted by atomic mass is 10.0. The highest BCUT2D eigenvalue weighted by atomic mass is 16.5.